The molecule has 0 bridgehead atoms. The van der Waals surface area contributed by atoms with Crippen LogP contribution in [0.3, 0.4) is 0 Å². The Bertz CT molecular complexity index is 593. The molecule has 98 valence electrons. The maximum absolute atomic E-state index is 12.0. The molecule has 19 heavy (non-hydrogen) atoms. The minimum atomic E-state index is -0.228. The van der Waals surface area contributed by atoms with Crippen molar-refractivity contribution in [2.75, 3.05) is 0 Å². The van der Waals surface area contributed by atoms with Crippen molar-refractivity contribution < 1.29 is 4.79 Å². The van der Waals surface area contributed by atoms with Crippen LogP contribution in [0.15, 0.2) is 30.3 Å². The smallest absolute Gasteiger partial charge is 0.270 e. The molecule has 1 heterocycles. The lowest BCUT2D eigenvalue weighted by Crippen LogP contribution is -2.24. The van der Waals surface area contributed by atoms with E-state index in [9.17, 15) is 4.79 Å². The summed E-state index contributed by atoms with van der Waals surface area (Å²) in [5.74, 6) is 0.358. The molecule has 0 atom stereocenters. The zero-order chi connectivity index (χ0) is 13.8. The Hall–Kier alpha value is -1.94. The Balaban J connectivity index is 2.08. The molecule has 2 aromatic rings. The highest BCUT2D eigenvalue weighted by atomic mass is 35.5. The maximum Gasteiger partial charge on any atom is 0.270 e. The number of hydrogen-bond donors (Lipinski definition) is 1. The van der Waals surface area contributed by atoms with Crippen molar-refractivity contribution in [2.24, 2.45) is 0 Å². The molecule has 0 fully saturated rings. The van der Waals surface area contributed by atoms with Crippen LogP contribution < -0.4 is 5.32 Å². The van der Waals surface area contributed by atoms with Crippen molar-refractivity contribution in [1.82, 2.24) is 15.3 Å². The van der Waals surface area contributed by atoms with Gasteiger partial charge in [-0.1, -0.05) is 29.8 Å². The lowest BCUT2D eigenvalue weighted by molar-refractivity contribution is 0.0945. The first kappa shape index (κ1) is 13.5. The van der Waals surface area contributed by atoms with E-state index < -0.39 is 0 Å². The maximum atomic E-state index is 12.0. The average molecular weight is 276 g/mol. The van der Waals surface area contributed by atoms with Crippen LogP contribution in [-0.4, -0.2) is 15.9 Å². The second kappa shape index (κ2) is 5.80. The number of rotatable bonds is 3. The highest BCUT2D eigenvalue weighted by Crippen LogP contribution is 2.14. The molecule has 1 aromatic carbocycles. The van der Waals surface area contributed by atoms with Crippen molar-refractivity contribution in [3.8, 4) is 0 Å². The van der Waals surface area contributed by atoms with Gasteiger partial charge in [0.1, 0.15) is 11.5 Å². The van der Waals surface area contributed by atoms with Gasteiger partial charge >= 0.3 is 0 Å². The number of benzene rings is 1. The van der Waals surface area contributed by atoms with Crippen molar-refractivity contribution >= 4 is 17.5 Å². The molecule has 0 radical (unpaired) electrons. The van der Waals surface area contributed by atoms with Crippen LogP contribution in [0.2, 0.25) is 5.02 Å². The number of hydrogen-bond acceptors (Lipinski definition) is 3. The number of aryl methyl sites for hydroxylation is 2. The molecule has 0 unspecified atom stereocenters. The van der Waals surface area contributed by atoms with Crippen molar-refractivity contribution in [1.29, 1.82) is 0 Å². The lowest BCUT2D eigenvalue weighted by atomic mass is 10.2. The van der Waals surface area contributed by atoms with Crippen LogP contribution in [0.25, 0.3) is 0 Å². The summed E-state index contributed by atoms with van der Waals surface area (Å²) in [4.78, 5) is 20.2. The Morgan fingerprint density at radius 1 is 1.26 bits per heavy atom. The second-order valence-electron chi connectivity index (χ2n) is 4.22. The first-order valence-corrected chi connectivity index (χ1v) is 6.28. The van der Waals surface area contributed by atoms with Gasteiger partial charge in [0.25, 0.3) is 5.91 Å². The highest BCUT2D eigenvalue weighted by Gasteiger charge is 2.09. The van der Waals surface area contributed by atoms with E-state index in [2.05, 4.69) is 15.3 Å². The fourth-order valence-corrected chi connectivity index (χ4v) is 1.94. The molecular formula is C14H14ClN3O. The minimum Gasteiger partial charge on any atom is -0.347 e. The number of halogens is 1. The minimum absolute atomic E-state index is 0.228. The SMILES string of the molecule is Cc1cc(C(=O)NCc2ccccc2Cl)nc(C)n1. The van der Waals surface area contributed by atoms with Gasteiger partial charge in [0.15, 0.2) is 0 Å². The van der Waals surface area contributed by atoms with Crippen LogP contribution in [0.1, 0.15) is 27.6 Å². The van der Waals surface area contributed by atoms with Crippen LogP contribution in [0.5, 0.6) is 0 Å². The molecule has 4 nitrogen and oxygen atoms in total. The van der Waals surface area contributed by atoms with Gasteiger partial charge in [-0.3, -0.25) is 4.79 Å². The molecule has 0 aliphatic carbocycles. The normalized spacial score (nSPS) is 10.3. The van der Waals surface area contributed by atoms with Crippen LogP contribution in [-0.2, 0) is 6.54 Å². The third kappa shape index (κ3) is 3.51. The molecule has 1 aromatic heterocycles. The number of carbonyl (C=O) groups is 1. The molecule has 0 spiro atoms. The summed E-state index contributed by atoms with van der Waals surface area (Å²) < 4.78 is 0. The number of nitrogens with zero attached hydrogens (tertiary/aromatic N) is 2. The van der Waals surface area contributed by atoms with Crippen molar-refractivity contribution in [3.05, 3.63) is 58.1 Å². The lowest BCUT2D eigenvalue weighted by Gasteiger charge is -2.07. The van der Waals surface area contributed by atoms with E-state index in [1.54, 1.807) is 19.1 Å². The fourth-order valence-electron chi connectivity index (χ4n) is 1.74. The molecule has 1 N–H and O–H groups in total. The third-order valence-corrected chi connectivity index (χ3v) is 2.96. The van der Waals surface area contributed by atoms with Gasteiger partial charge in [-0.05, 0) is 31.5 Å². The monoisotopic (exact) mass is 275 g/mol. The van der Waals surface area contributed by atoms with E-state index in [0.29, 0.717) is 23.1 Å². The van der Waals surface area contributed by atoms with Gasteiger partial charge in [-0.2, -0.15) is 0 Å². The molecule has 2 rings (SSSR count). The topological polar surface area (TPSA) is 54.9 Å². The van der Waals surface area contributed by atoms with E-state index in [1.165, 1.54) is 0 Å². The molecule has 5 heteroatoms. The van der Waals surface area contributed by atoms with Gasteiger partial charge in [0, 0.05) is 17.3 Å². The number of carbonyl (C=O) groups excluding carboxylic acids is 1. The van der Waals surface area contributed by atoms with E-state index in [-0.39, 0.29) is 5.91 Å². The first-order valence-electron chi connectivity index (χ1n) is 5.90. The largest absolute Gasteiger partial charge is 0.347 e. The van der Waals surface area contributed by atoms with Crippen LogP contribution >= 0.6 is 11.6 Å². The third-order valence-electron chi connectivity index (χ3n) is 2.60. The van der Waals surface area contributed by atoms with E-state index in [0.717, 1.165) is 11.3 Å². The van der Waals surface area contributed by atoms with E-state index in [4.69, 9.17) is 11.6 Å². The number of amides is 1. The van der Waals surface area contributed by atoms with Gasteiger partial charge in [-0.15, -0.1) is 0 Å². The summed E-state index contributed by atoms with van der Waals surface area (Å²) in [7, 11) is 0. The zero-order valence-corrected chi connectivity index (χ0v) is 11.5. The van der Waals surface area contributed by atoms with Crippen molar-refractivity contribution in [2.45, 2.75) is 20.4 Å². The van der Waals surface area contributed by atoms with Crippen LogP contribution in [0, 0.1) is 13.8 Å². The number of aromatic nitrogens is 2. The molecule has 1 amide bonds. The average Bonchev–Trinajstić information content (AvgIpc) is 2.36. The predicted octanol–water partition coefficient (Wildman–Crippen LogP) is 2.68. The molecule has 0 aliphatic rings. The Morgan fingerprint density at radius 2 is 2.00 bits per heavy atom. The molecule has 0 saturated carbocycles. The molecule has 0 aliphatic heterocycles. The van der Waals surface area contributed by atoms with Crippen molar-refractivity contribution in [3.63, 3.8) is 0 Å². The summed E-state index contributed by atoms with van der Waals surface area (Å²) in [6.07, 6.45) is 0. The molecule has 0 saturated heterocycles. The van der Waals surface area contributed by atoms with E-state index >= 15 is 0 Å². The summed E-state index contributed by atoms with van der Waals surface area (Å²) in [5.41, 5.74) is 2.02. The summed E-state index contributed by atoms with van der Waals surface area (Å²) in [5, 5.41) is 3.43. The standard InChI is InChI=1S/C14H14ClN3O/c1-9-7-13(18-10(2)17-9)14(19)16-8-11-5-3-4-6-12(11)15/h3-7H,8H2,1-2H3,(H,16,19). The second-order valence-corrected chi connectivity index (χ2v) is 4.62. The van der Waals surface area contributed by atoms with Gasteiger partial charge < -0.3 is 5.32 Å². The summed E-state index contributed by atoms with van der Waals surface area (Å²) in [6.45, 7) is 3.97. The Morgan fingerprint density at radius 3 is 2.68 bits per heavy atom. The number of nitrogens with one attached hydrogen (secondary N) is 1. The molecular weight excluding hydrogens is 262 g/mol. The highest BCUT2D eigenvalue weighted by molar-refractivity contribution is 6.31. The Labute approximate surface area is 116 Å². The van der Waals surface area contributed by atoms with Crippen LogP contribution in [0.4, 0.5) is 0 Å². The Kier molecular flexibility index (Phi) is 4.12. The predicted molar refractivity (Wildman–Crippen MR) is 74.1 cm³/mol. The fraction of sp³-hybridized carbons (Fsp3) is 0.214. The summed E-state index contributed by atoms with van der Waals surface area (Å²) in [6, 6.07) is 9.06. The zero-order valence-electron chi connectivity index (χ0n) is 10.8. The first-order chi connectivity index (χ1) is 9.06. The van der Waals surface area contributed by atoms with Gasteiger partial charge in [0.2, 0.25) is 0 Å². The van der Waals surface area contributed by atoms with Gasteiger partial charge in [-0.25, -0.2) is 9.97 Å². The summed E-state index contributed by atoms with van der Waals surface area (Å²) >= 11 is 6.03. The van der Waals surface area contributed by atoms with Gasteiger partial charge in [0.05, 0.1) is 0 Å². The quantitative estimate of drug-likeness (QED) is 0.937. The van der Waals surface area contributed by atoms with E-state index in [1.807, 2.05) is 25.1 Å².